The Hall–Kier alpha value is -5.89. The standard InChI is InChI=1S/C50H60F5N7O5/c1-30-21-40-41(57-47(66-29-36-23-34(51)27-59(36)6)58-46(40)60-19-20-62(35(28-60)17-18-56)48(63)67-49(3,4)5)24-39(30)43-44(50(53,54)55)31(2)22-42(45(43)52)61(25-32-9-13-37(64-7)14-10-32)26-33-11-15-38(65-8)16-12-33/h9-16,22,30,34-36,39H,17,19-21,23-29H2,1-8H3/t30?,34-,35?,36+,39?/m1/s1. The third-order valence-corrected chi connectivity index (χ3v) is 13.0. The lowest BCUT2D eigenvalue weighted by Crippen LogP contribution is -2.56. The fourth-order valence-electron chi connectivity index (χ4n) is 9.61. The lowest BCUT2D eigenvalue weighted by atomic mass is 9.73. The number of alkyl halides is 4. The van der Waals surface area contributed by atoms with Gasteiger partial charge in [-0.2, -0.15) is 28.4 Å². The molecule has 2 fully saturated rings. The van der Waals surface area contributed by atoms with Crippen LogP contribution in [0.25, 0.3) is 0 Å². The van der Waals surface area contributed by atoms with Gasteiger partial charge in [0.2, 0.25) is 0 Å². The normalized spacial score (nSPS) is 21.1. The Kier molecular flexibility index (Phi) is 14.7. The van der Waals surface area contributed by atoms with Gasteiger partial charge in [0.05, 0.1) is 49.7 Å². The van der Waals surface area contributed by atoms with Crippen LogP contribution >= 0.6 is 0 Å². The summed E-state index contributed by atoms with van der Waals surface area (Å²) in [6, 6.07) is 17.1. The molecule has 3 aliphatic rings. The monoisotopic (exact) mass is 933 g/mol. The number of piperazine rings is 1. The number of ether oxygens (including phenoxy) is 4. The van der Waals surface area contributed by atoms with Crippen LogP contribution in [-0.4, -0.2) is 104 Å². The number of nitrogens with zero attached hydrogens (tertiary/aromatic N) is 7. The van der Waals surface area contributed by atoms with Crippen LogP contribution < -0.4 is 24.0 Å². The smallest absolute Gasteiger partial charge is 0.417 e. The maximum atomic E-state index is 17.9. The second-order valence-electron chi connectivity index (χ2n) is 19.0. The number of likely N-dealkylation sites (tertiary alicyclic amines) is 1. The van der Waals surface area contributed by atoms with Gasteiger partial charge in [0.1, 0.15) is 35.7 Å². The fraction of sp³-hybridized carbons (Fsp3) is 0.520. The summed E-state index contributed by atoms with van der Waals surface area (Å²) < 4.78 is 101. The van der Waals surface area contributed by atoms with E-state index >= 15 is 17.6 Å². The molecule has 0 saturated carbocycles. The molecule has 360 valence electrons. The third-order valence-electron chi connectivity index (χ3n) is 13.0. The van der Waals surface area contributed by atoms with Gasteiger partial charge in [0.25, 0.3) is 0 Å². The Morgan fingerprint density at radius 1 is 0.925 bits per heavy atom. The molecule has 0 bridgehead atoms. The largest absolute Gasteiger partial charge is 0.497 e. The lowest BCUT2D eigenvalue weighted by molar-refractivity contribution is -0.139. The molecule has 7 rings (SSSR count). The molecule has 0 spiro atoms. The summed E-state index contributed by atoms with van der Waals surface area (Å²) in [4.78, 5) is 30.1. The van der Waals surface area contributed by atoms with E-state index in [2.05, 4.69) is 6.07 Å². The van der Waals surface area contributed by atoms with Gasteiger partial charge in [-0.3, -0.25) is 4.90 Å². The molecule has 5 atom stereocenters. The van der Waals surface area contributed by atoms with E-state index in [0.717, 1.165) is 11.1 Å². The van der Waals surface area contributed by atoms with Crippen LogP contribution in [0.2, 0.25) is 0 Å². The molecule has 67 heavy (non-hydrogen) atoms. The predicted octanol–water partition coefficient (Wildman–Crippen LogP) is 9.45. The van der Waals surface area contributed by atoms with Crippen LogP contribution in [0.1, 0.15) is 85.5 Å². The quantitative estimate of drug-likeness (QED) is 0.119. The van der Waals surface area contributed by atoms with E-state index in [9.17, 15) is 14.4 Å². The van der Waals surface area contributed by atoms with Crippen molar-refractivity contribution in [3.8, 4) is 23.6 Å². The molecule has 3 aromatic carbocycles. The highest BCUT2D eigenvalue weighted by atomic mass is 19.4. The van der Waals surface area contributed by atoms with Gasteiger partial charge in [-0.15, -0.1) is 0 Å². The predicted molar refractivity (Wildman–Crippen MR) is 244 cm³/mol. The van der Waals surface area contributed by atoms with Crippen molar-refractivity contribution in [2.45, 2.75) is 109 Å². The van der Waals surface area contributed by atoms with Crippen molar-refractivity contribution in [1.29, 1.82) is 5.26 Å². The lowest BCUT2D eigenvalue weighted by Gasteiger charge is -2.43. The van der Waals surface area contributed by atoms with Crippen LogP contribution in [0.5, 0.6) is 17.5 Å². The summed E-state index contributed by atoms with van der Waals surface area (Å²) in [6.07, 6.45) is -6.09. The summed E-state index contributed by atoms with van der Waals surface area (Å²) in [7, 11) is 4.91. The number of aromatic nitrogens is 2. The second-order valence-corrected chi connectivity index (χ2v) is 19.0. The molecule has 4 aromatic rings. The Balaban J connectivity index is 1.31. The van der Waals surface area contributed by atoms with E-state index in [1.165, 1.54) is 13.0 Å². The number of hydrogen-bond acceptors (Lipinski definition) is 11. The van der Waals surface area contributed by atoms with Gasteiger partial charge in [0, 0.05) is 56.4 Å². The molecule has 17 heteroatoms. The van der Waals surface area contributed by atoms with E-state index in [1.807, 2.05) is 41.0 Å². The number of methoxy groups -OCH3 is 2. The molecule has 1 amide bonds. The Morgan fingerprint density at radius 3 is 2.09 bits per heavy atom. The Morgan fingerprint density at radius 2 is 1.55 bits per heavy atom. The van der Waals surface area contributed by atoms with Crippen molar-refractivity contribution in [3.05, 3.63) is 99.5 Å². The van der Waals surface area contributed by atoms with Gasteiger partial charge in [0.15, 0.2) is 5.82 Å². The van der Waals surface area contributed by atoms with Crippen LogP contribution in [0.15, 0.2) is 54.6 Å². The third kappa shape index (κ3) is 11.3. The molecule has 3 unspecified atom stereocenters. The number of carbonyl (C=O) groups is 1. The zero-order valence-electron chi connectivity index (χ0n) is 39.4. The number of anilines is 2. The molecule has 0 N–H and O–H groups in total. The first-order valence-corrected chi connectivity index (χ1v) is 22.7. The van der Waals surface area contributed by atoms with Crippen molar-refractivity contribution in [2.24, 2.45) is 5.92 Å². The summed E-state index contributed by atoms with van der Waals surface area (Å²) >= 11 is 0. The van der Waals surface area contributed by atoms with Crippen molar-refractivity contribution in [2.75, 3.05) is 63.9 Å². The Bertz CT molecular complexity index is 2380. The van der Waals surface area contributed by atoms with Gasteiger partial charge in [-0.1, -0.05) is 31.2 Å². The molecule has 1 aliphatic carbocycles. The molecular weight excluding hydrogens is 874 g/mol. The van der Waals surface area contributed by atoms with Crippen LogP contribution in [-0.2, 0) is 36.8 Å². The number of likely N-dealkylation sites (N-methyl/N-ethyl adjacent to an activating group) is 1. The zero-order chi connectivity index (χ0) is 48.4. The van der Waals surface area contributed by atoms with Crippen molar-refractivity contribution >= 4 is 17.6 Å². The molecule has 1 aromatic heterocycles. The SMILES string of the molecule is COc1ccc(CN(Cc2ccc(OC)cc2)c2cc(C)c(C(F)(F)F)c(C3Cc4nc(OC[C@@H]5C[C@@H](F)CN5C)nc(N5CCN(C(=O)OC(C)(C)C)C(CC#N)C5)c4CC3C)c2F)cc1. The number of amides is 1. The van der Waals surface area contributed by atoms with Crippen LogP contribution in [0.4, 0.5) is 38.3 Å². The molecular formula is C50H60F5N7O5. The van der Waals surface area contributed by atoms with Gasteiger partial charge >= 0.3 is 18.3 Å². The topological polar surface area (TPSA) is 117 Å². The average molecular weight is 934 g/mol. The number of nitriles is 1. The Labute approximate surface area is 389 Å². The first-order chi connectivity index (χ1) is 31.8. The number of rotatable bonds is 13. The van der Waals surface area contributed by atoms with Gasteiger partial charge in [-0.05, 0) is 113 Å². The minimum atomic E-state index is -4.90. The second kappa shape index (κ2) is 20.1. The molecule has 2 aliphatic heterocycles. The van der Waals surface area contributed by atoms with E-state index < -0.39 is 58.9 Å². The minimum absolute atomic E-state index is 0.00635. The minimum Gasteiger partial charge on any atom is -0.497 e. The van der Waals surface area contributed by atoms with Crippen LogP contribution in [0.3, 0.4) is 0 Å². The first-order valence-electron chi connectivity index (χ1n) is 22.7. The highest BCUT2D eigenvalue weighted by Crippen LogP contribution is 2.48. The highest BCUT2D eigenvalue weighted by Gasteiger charge is 2.44. The molecule has 2 saturated heterocycles. The van der Waals surface area contributed by atoms with Gasteiger partial charge in [-0.25, -0.2) is 13.6 Å². The maximum absolute atomic E-state index is 17.9. The first kappa shape index (κ1) is 49.0. The molecule has 12 nitrogen and oxygen atoms in total. The number of benzene rings is 3. The van der Waals surface area contributed by atoms with Crippen molar-refractivity contribution < 1.29 is 45.7 Å². The van der Waals surface area contributed by atoms with E-state index in [0.29, 0.717) is 35.1 Å². The maximum Gasteiger partial charge on any atom is 0.417 e. The molecule has 3 heterocycles. The zero-order valence-corrected chi connectivity index (χ0v) is 39.4. The number of fused-ring (bicyclic) bond motifs is 1. The summed E-state index contributed by atoms with van der Waals surface area (Å²) in [6.45, 7) is 9.84. The number of carbonyl (C=O) groups excluding carboxylic acids is 1. The van der Waals surface area contributed by atoms with E-state index in [4.69, 9.17) is 28.9 Å². The van der Waals surface area contributed by atoms with Crippen LogP contribution in [0, 0.1) is 30.0 Å². The van der Waals surface area contributed by atoms with Gasteiger partial charge < -0.3 is 33.6 Å². The van der Waals surface area contributed by atoms with Crippen molar-refractivity contribution in [3.63, 3.8) is 0 Å². The average Bonchev–Trinajstić information content (AvgIpc) is 3.60. The molecule has 0 radical (unpaired) electrons. The summed E-state index contributed by atoms with van der Waals surface area (Å²) in [5.74, 6) is -0.761. The highest BCUT2D eigenvalue weighted by molar-refractivity contribution is 5.69. The number of halogens is 5. The fourth-order valence-corrected chi connectivity index (χ4v) is 9.61. The van der Waals surface area contributed by atoms with E-state index in [-0.39, 0.29) is 88.3 Å². The summed E-state index contributed by atoms with van der Waals surface area (Å²) in [5.41, 5.74) is 0.353. The van der Waals surface area contributed by atoms with E-state index in [1.54, 1.807) is 76.1 Å². The number of aryl methyl sites for hydroxylation is 1. The van der Waals surface area contributed by atoms with Crippen molar-refractivity contribution in [1.82, 2.24) is 19.8 Å². The summed E-state index contributed by atoms with van der Waals surface area (Å²) in [5, 5.41) is 9.84. The number of hydrogen-bond donors (Lipinski definition) is 0.